The molecule has 0 radical (unpaired) electrons. The summed E-state index contributed by atoms with van der Waals surface area (Å²) in [4.78, 5) is 22.7. The van der Waals surface area contributed by atoms with Gasteiger partial charge in [0.1, 0.15) is 17.7 Å². The third kappa shape index (κ3) is 5.19. The predicted molar refractivity (Wildman–Crippen MR) is 126 cm³/mol. The minimum Gasteiger partial charge on any atom is -0.481 e. The number of carbonyl (C=O) groups is 1. The molecule has 1 saturated carbocycles. The molecule has 0 saturated heterocycles. The van der Waals surface area contributed by atoms with Crippen LogP contribution in [0.15, 0.2) is 49.7 Å². The van der Waals surface area contributed by atoms with E-state index in [4.69, 9.17) is 9.84 Å². The van der Waals surface area contributed by atoms with Crippen molar-refractivity contribution in [1.29, 1.82) is 0 Å². The molecule has 7 heteroatoms. The summed E-state index contributed by atoms with van der Waals surface area (Å²) in [6.07, 6.45) is 8.48. The molecule has 0 unspecified atom stereocenters. The summed E-state index contributed by atoms with van der Waals surface area (Å²) in [5, 5.41) is 8.93. The molecule has 170 valence electrons. The first-order chi connectivity index (χ1) is 16.0. The maximum Gasteiger partial charge on any atom is 0.303 e. The Balaban J connectivity index is 1.42. The molecule has 0 spiro atoms. The Bertz CT molecular complexity index is 1140. The van der Waals surface area contributed by atoms with Gasteiger partial charge in [-0.15, -0.1) is 0 Å². The van der Waals surface area contributed by atoms with Gasteiger partial charge in [-0.25, -0.2) is 14.4 Å². The molecule has 0 atom stereocenters. The first-order valence-electron chi connectivity index (χ1n) is 11.0. The molecule has 3 aromatic rings. The van der Waals surface area contributed by atoms with Crippen LogP contribution in [0.2, 0.25) is 0 Å². The Hall–Kier alpha value is -3.74. The van der Waals surface area contributed by atoms with E-state index in [1.165, 1.54) is 6.07 Å². The van der Waals surface area contributed by atoms with Crippen LogP contribution in [0.1, 0.15) is 43.5 Å². The van der Waals surface area contributed by atoms with E-state index in [9.17, 15) is 9.18 Å². The summed E-state index contributed by atoms with van der Waals surface area (Å²) in [6, 6.07) is 8.60. The van der Waals surface area contributed by atoms with Gasteiger partial charge in [-0.1, -0.05) is 19.2 Å². The number of halogens is 1. The van der Waals surface area contributed by atoms with Gasteiger partial charge in [0.05, 0.1) is 17.0 Å². The number of hydrogen-bond acceptors (Lipinski definition) is 4. The van der Waals surface area contributed by atoms with Crippen molar-refractivity contribution < 1.29 is 19.0 Å². The number of H-pyrrole nitrogens is 1. The smallest absolute Gasteiger partial charge is 0.303 e. The van der Waals surface area contributed by atoms with Crippen LogP contribution >= 0.6 is 0 Å². The van der Waals surface area contributed by atoms with Crippen LogP contribution in [-0.2, 0) is 4.79 Å². The van der Waals surface area contributed by atoms with Crippen molar-refractivity contribution >= 4 is 18.1 Å². The monoisotopic (exact) mass is 447 g/mol. The van der Waals surface area contributed by atoms with Gasteiger partial charge in [-0.3, -0.25) is 4.79 Å². The number of aliphatic carboxylic acids is 1. The Morgan fingerprint density at radius 3 is 2.48 bits per heavy atom. The van der Waals surface area contributed by atoms with Gasteiger partial charge >= 0.3 is 5.97 Å². The summed E-state index contributed by atoms with van der Waals surface area (Å²) in [5.41, 5.74) is 3.15. The number of hydrogen-bond donors (Lipinski definition) is 2. The van der Waals surface area contributed by atoms with E-state index in [2.05, 4.69) is 28.1 Å². The zero-order valence-electron chi connectivity index (χ0n) is 18.3. The number of aromatic nitrogens is 3. The van der Waals surface area contributed by atoms with Gasteiger partial charge < -0.3 is 14.8 Å². The third-order valence-corrected chi connectivity index (χ3v) is 6.00. The molecule has 1 aliphatic carbocycles. The average Bonchev–Trinajstić information content (AvgIpc) is 3.24. The summed E-state index contributed by atoms with van der Waals surface area (Å²) >= 11 is 0. The van der Waals surface area contributed by atoms with Crippen LogP contribution in [0.4, 0.5) is 4.39 Å². The average molecular weight is 448 g/mol. The fourth-order valence-corrected chi connectivity index (χ4v) is 4.22. The summed E-state index contributed by atoms with van der Waals surface area (Å²) in [5.74, 6) is 0.0217. The second-order valence-corrected chi connectivity index (χ2v) is 8.23. The van der Waals surface area contributed by atoms with Gasteiger partial charge in [-0.05, 0) is 67.5 Å². The summed E-state index contributed by atoms with van der Waals surface area (Å²) in [7, 11) is 0. The predicted octanol–water partition coefficient (Wildman–Crippen LogP) is 5.98. The number of benzene rings is 1. The number of aromatic amines is 1. The SMILES string of the molecule is C=Cc1nc(-c2ccc(-c3ccc(O[C@H]4CC[C@@H](CC(=O)O)CC4)nc3)cc2F)[nH]c1C=C. The molecule has 1 aromatic carbocycles. The number of carboxylic acids is 1. The zero-order chi connectivity index (χ0) is 23.4. The quantitative estimate of drug-likeness (QED) is 0.444. The van der Waals surface area contributed by atoms with Crippen molar-refractivity contribution in [1.82, 2.24) is 15.0 Å². The van der Waals surface area contributed by atoms with Gasteiger partial charge in [-0.2, -0.15) is 0 Å². The zero-order valence-corrected chi connectivity index (χ0v) is 18.3. The van der Waals surface area contributed by atoms with Gasteiger partial charge in [0, 0.05) is 24.2 Å². The Morgan fingerprint density at radius 1 is 1.15 bits per heavy atom. The third-order valence-electron chi connectivity index (χ3n) is 6.00. The number of pyridine rings is 1. The molecule has 1 fully saturated rings. The normalized spacial score (nSPS) is 18.0. The Kier molecular flexibility index (Phi) is 6.68. The lowest BCUT2D eigenvalue weighted by atomic mass is 9.85. The van der Waals surface area contributed by atoms with Crippen molar-refractivity contribution in [3.8, 4) is 28.4 Å². The minimum atomic E-state index is -0.742. The van der Waals surface area contributed by atoms with Crippen LogP contribution in [0.5, 0.6) is 5.88 Å². The maximum absolute atomic E-state index is 14.9. The first-order valence-corrected chi connectivity index (χ1v) is 11.0. The van der Waals surface area contributed by atoms with Crippen LogP contribution in [-0.4, -0.2) is 32.1 Å². The van der Waals surface area contributed by atoms with E-state index in [1.54, 1.807) is 30.5 Å². The standard InChI is InChI=1S/C26H26FN3O3/c1-3-22-23(4-2)30-26(29-22)20-11-7-17(14-21(20)27)18-8-12-24(28-15-18)33-19-9-5-16(6-10-19)13-25(31)32/h3-4,7-8,11-12,14-16,19H,1-2,5-6,9-10,13H2,(H,29,30)(H,31,32)/t16-,19+. The van der Waals surface area contributed by atoms with E-state index >= 15 is 0 Å². The highest BCUT2D eigenvalue weighted by Crippen LogP contribution is 2.31. The topological polar surface area (TPSA) is 88.1 Å². The Labute approximate surface area is 191 Å². The van der Waals surface area contributed by atoms with E-state index in [-0.39, 0.29) is 18.4 Å². The van der Waals surface area contributed by atoms with Crippen LogP contribution < -0.4 is 4.74 Å². The fourth-order valence-electron chi connectivity index (χ4n) is 4.22. The fraction of sp³-hybridized carbons (Fsp3) is 0.269. The molecule has 0 amide bonds. The van der Waals surface area contributed by atoms with Crippen molar-refractivity contribution in [2.45, 2.75) is 38.2 Å². The number of imidazole rings is 1. The molecule has 1 aliphatic rings. The molecule has 0 aliphatic heterocycles. The lowest BCUT2D eigenvalue weighted by molar-refractivity contribution is -0.138. The molecule has 6 nitrogen and oxygen atoms in total. The van der Waals surface area contributed by atoms with Crippen molar-refractivity contribution in [2.75, 3.05) is 0 Å². The van der Waals surface area contributed by atoms with Crippen molar-refractivity contribution in [3.05, 3.63) is 66.9 Å². The molecule has 2 N–H and O–H groups in total. The number of rotatable bonds is 8. The van der Waals surface area contributed by atoms with E-state index in [0.29, 0.717) is 34.2 Å². The summed E-state index contributed by atoms with van der Waals surface area (Å²) < 4.78 is 20.8. The second kappa shape index (κ2) is 9.81. The number of nitrogens with one attached hydrogen (secondary N) is 1. The number of ether oxygens (including phenoxy) is 1. The lowest BCUT2D eigenvalue weighted by Gasteiger charge is -2.27. The lowest BCUT2D eigenvalue weighted by Crippen LogP contribution is -2.25. The molecule has 33 heavy (non-hydrogen) atoms. The molecule has 4 rings (SSSR count). The van der Waals surface area contributed by atoms with E-state index < -0.39 is 11.8 Å². The molecule has 2 aromatic heterocycles. The molecular formula is C26H26FN3O3. The maximum atomic E-state index is 14.9. The van der Waals surface area contributed by atoms with Gasteiger partial charge in [0.25, 0.3) is 0 Å². The molecule has 0 bridgehead atoms. The number of nitrogens with zero attached hydrogens (tertiary/aromatic N) is 2. The highest BCUT2D eigenvalue weighted by atomic mass is 19.1. The van der Waals surface area contributed by atoms with Crippen LogP contribution in [0.25, 0.3) is 34.7 Å². The molecular weight excluding hydrogens is 421 g/mol. The highest BCUT2D eigenvalue weighted by molar-refractivity contribution is 5.70. The minimum absolute atomic E-state index is 0.0410. The van der Waals surface area contributed by atoms with Crippen molar-refractivity contribution in [2.24, 2.45) is 5.92 Å². The van der Waals surface area contributed by atoms with E-state index in [1.807, 2.05) is 12.1 Å². The van der Waals surface area contributed by atoms with Crippen molar-refractivity contribution in [3.63, 3.8) is 0 Å². The first kappa shape index (κ1) is 22.5. The van der Waals surface area contributed by atoms with Gasteiger partial charge in [0.2, 0.25) is 5.88 Å². The van der Waals surface area contributed by atoms with Gasteiger partial charge in [0.15, 0.2) is 0 Å². The van der Waals surface area contributed by atoms with E-state index in [0.717, 1.165) is 31.2 Å². The highest BCUT2D eigenvalue weighted by Gasteiger charge is 2.24. The summed E-state index contributed by atoms with van der Waals surface area (Å²) in [6.45, 7) is 7.45. The largest absolute Gasteiger partial charge is 0.481 e. The number of carboxylic acid groups (broad SMARTS) is 1. The van der Waals surface area contributed by atoms with Crippen LogP contribution in [0, 0.1) is 11.7 Å². The Morgan fingerprint density at radius 2 is 1.91 bits per heavy atom. The molecule has 2 heterocycles. The van der Waals surface area contributed by atoms with Crippen LogP contribution in [0.3, 0.4) is 0 Å². The second-order valence-electron chi connectivity index (χ2n) is 8.23.